The molecule has 0 aromatic carbocycles. The first-order valence-corrected chi connectivity index (χ1v) is 5.20. The summed E-state index contributed by atoms with van der Waals surface area (Å²) in [4.78, 5) is 14.7. The van der Waals surface area contributed by atoms with Gasteiger partial charge in [0, 0.05) is 18.2 Å². The van der Waals surface area contributed by atoms with Crippen LogP contribution in [0, 0.1) is 5.41 Å². The molecule has 0 spiro atoms. The van der Waals surface area contributed by atoms with E-state index >= 15 is 0 Å². The second-order valence-electron chi connectivity index (χ2n) is 4.22. The standard InChI is InChI=1S/C11H14N2O3/c14-7-11(3-4-11)6-13-8-2-1-5-12-9(8)10(15)16/h1-2,5,13-14H,3-4,6-7H2,(H,15,16). The molecule has 0 bridgehead atoms. The normalized spacial score (nSPS) is 16.8. The van der Waals surface area contributed by atoms with Crippen LogP contribution in [0.2, 0.25) is 0 Å². The van der Waals surface area contributed by atoms with Crippen LogP contribution in [0.1, 0.15) is 23.3 Å². The quantitative estimate of drug-likeness (QED) is 0.691. The van der Waals surface area contributed by atoms with Gasteiger partial charge in [0.05, 0.1) is 12.3 Å². The Morgan fingerprint density at radius 1 is 1.56 bits per heavy atom. The van der Waals surface area contributed by atoms with Crippen LogP contribution in [0.15, 0.2) is 18.3 Å². The van der Waals surface area contributed by atoms with E-state index in [9.17, 15) is 4.79 Å². The van der Waals surface area contributed by atoms with Crippen LogP contribution in [0.3, 0.4) is 0 Å². The van der Waals surface area contributed by atoms with Gasteiger partial charge >= 0.3 is 5.97 Å². The Morgan fingerprint density at radius 3 is 2.88 bits per heavy atom. The summed E-state index contributed by atoms with van der Waals surface area (Å²) in [5.41, 5.74) is 0.483. The zero-order chi connectivity index (χ0) is 11.6. The summed E-state index contributed by atoms with van der Waals surface area (Å²) in [6, 6.07) is 3.37. The van der Waals surface area contributed by atoms with E-state index in [-0.39, 0.29) is 17.7 Å². The lowest BCUT2D eigenvalue weighted by Gasteiger charge is -2.14. The van der Waals surface area contributed by atoms with E-state index < -0.39 is 5.97 Å². The third-order valence-corrected chi connectivity index (χ3v) is 2.96. The molecule has 1 aromatic rings. The van der Waals surface area contributed by atoms with Crippen LogP contribution in [-0.2, 0) is 0 Å². The van der Waals surface area contributed by atoms with Crippen molar-refractivity contribution in [1.82, 2.24) is 4.98 Å². The molecule has 1 heterocycles. The van der Waals surface area contributed by atoms with Gasteiger partial charge in [-0.25, -0.2) is 9.78 Å². The average molecular weight is 222 g/mol. The fourth-order valence-electron chi connectivity index (χ4n) is 1.57. The number of nitrogens with one attached hydrogen (secondary N) is 1. The van der Waals surface area contributed by atoms with Crippen molar-refractivity contribution in [1.29, 1.82) is 0 Å². The molecule has 86 valence electrons. The van der Waals surface area contributed by atoms with Crippen LogP contribution in [0.25, 0.3) is 0 Å². The van der Waals surface area contributed by atoms with Gasteiger partial charge in [-0.3, -0.25) is 0 Å². The van der Waals surface area contributed by atoms with Crippen LogP contribution in [0.5, 0.6) is 0 Å². The number of carbonyl (C=O) groups is 1. The van der Waals surface area contributed by atoms with Crippen molar-refractivity contribution in [2.45, 2.75) is 12.8 Å². The number of anilines is 1. The van der Waals surface area contributed by atoms with E-state index in [0.717, 1.165) is 12.8 Å². The zero-order valence-electron chi connectivity index (χ0n) is 8.81. The predicted molar refractivity (Wildman–Crippen MR) is 58.4 cm³/mol. The van der Waals surface area contributed by atoms with Crippen molar-refractivity contribution in [3.8, 4) is 0 Å². The number of aromatic carboxylic acids is 1. The van der Waals surface area contributed by atoms with Crippen LogP contribution < -0.4 is 5.32 Å². The summed E-state index contributed by atoms with van der Waals surface area (Å²) in [7, 11) is 0. The largest absolute Gasteiger partial charge is 0.476 e. The first-order chi connectivity index (χ1) is 7.67. The van der Waals surface area contributed by atoms with E-state index in [0.29, 0.717) is 12.2 Å². The SMILES string of the molecule is O=C(O)c1ncccc1NCC1(CO)CC1. The molecule has 5 nitrogen and oxygen atoms in total. The molecule has 0 atom stereocenters. The first kappa shape index (κ1) is 10.9. The Labute approximate surface area is 93.1 Å². The fourth-order valence-corrected chi connectivity index (χ4v) is 1.57. The van der Waals surface area contributed by atoms with Gasteiger partial charge in [-0.15, -0.1) is 0 Å². The number of nitrogens with zero attached hydrogens (tertiary/aromatic N) is 1. The van der Waals surface area contributed by atoms with Crippen molar-refractivity contribution in [3.05, 3.63) is 24.0 Å². The molecule has 1 aromatic heterocycles. The summed E-state index contributed by atoms with van der Waals surface area (Å²) in [5, 5.41) is 21.1. The maximum absolute atomic E-state index is 10.9. The number of aromatic nitrogens is 1. The van der Waals surface area contributed by atoms with E-state index in [1.54, 1.807) is 12.1 Å². The molecule has 0 unspecified atom stereocenters. The molecular formula is C11H14N2O3. The number of hydrogen-bond acceptors (Lipinski definition) is 4. The number of hydrogen-bond donors (Lipinski definition) is 3. The Kier molecular flexibility index (Phi) is 2.78. The Bertz CT molecular complexity index is 402. The molecule has 3 N–H and O–H groups in total. The molecule has 5 heteroatoms. The van der Waals surface area contributed by atoms with Gasteiger partial charge in [-0.1, -0.05) is 0 Å². The number of carboxylic acid groups (broad SMARTS) is 1. The molecule has 16 heavy (non-hydrogen) atoms. The van der Waals surface area contributed by atoms with Gasteiger partial charge in [0.15, 0.2) is 5.69 Å². The summed E-state index contributed by atoms with van der Waals surface area (Å²) in [6.07, 6.45) is 3.42. The molecule has 1 saturated carbocycles. The lowest BCUT2D eigenvalue weighted by molar-refractivity contribution is 0.0691. The predicted octanol–water partition coefficient (Wildman–Crippen LogP) is 0.964. The second-order valence-corrected chi connectivity index (χ2v) is 4.22. The monoisotopic (exact) mass is 222 g/mol. The molecule has 1 aliphatic carbocycles. The smallest absolute Gasteiger partial charge is 0.356 e. The average Bonchev–Trinajstić information content (AvgIpc) is 3.07. The Morgan fingerprint density at radius 2 is 2.31 bits per heavy atom. The topological polar surface area (TPSA) is 82.5 Å². The zero-order valence-corrected chi connectivity index (χ0v) is 8.81. The lowest BCUT2D eigenvalue weighted by atomic mass is 10.1. The number of pyridine rings is 1. The Hall–Kier alpha value is -1.62. The minimum atomic E-state index is -1.04. The molecule has 1 fully saturated rings. The number of carboxylic acids is 1. The molecule has 0 saturated heterocycles. The van der Waals surface area contributed by atoms with Crippen LogP contribution >= 0.6 is 0 Å². The highest BCUT2D eigenvalue weighted by Crippen LogP contribution is 2.44. The molecule has 2 rings (SSSR count). The second kappa shape index (κ2) is 4.09. The number of rotatable bonds is 5. The van der Waals surface area contributed by atoms with Crippen molar-refractivity contribution in [2.24, 2.45) is 5.41 Å². The third-order valence-electron chi connectivity index (χ3n) is 2.96. The van der Waals surface area contributed by atoms with Crippen molar-refractivity contribution < 1.29 is 15.0 Å². The molecule has 0 aliphatic heterocycles. The van der Waals surface area contributed by atoms with E-state index in [4.69, 9.17) is 10.2 Å². The summed E-state index contributed by atoms with van der Waals surface area (Å²) in [5.74, 6) is -1.04. The van der Waals surface area contributed by atoms with Crippen molar-refractivity contribution in [3.63, 3.8) is 0 Å². The molecular weight excluding hydrogens is 208 g/mol. The summed E-state index contributed by atoms with van der Waals surface area (Å²) >= 11 is 0. The minimum absolute atomic E-state index is 0.0243. The lowest BCUT2D eigenvalue weighted by Crippen LogP contribution is -2.20. The van der Waals surface area contributed by atoms with Gasteiger partial charge < -0.3 is 15.5 Å². The summed E-state index contributed by atoms with van der Waals surface area (Å²) in [6.45, 7) is 0.734. The maximum atomic E-state index is 10.9. The van der Waals surface area contributed by atoms with Crippen molar-refractivity contribution in [2.75, 3.05) is 18.5 Å². The first-order valence-electron chi connectivity index (χ1n) is 5.20. The Balaban J connectivity index is 2.06. The van der Waals surface area contributed by atoms with E-state index in [2.05, 4.69) is 10.3 Å². The number of aliphatic hydroxyl groups is 1. The molecule has 1 aliphatic rings. The highest BCUT2D eigenvalue weighted by Gasteiger charge is 2.41. The van der Waals surface area contributed by atoms with E-state index in [1.165, 1.54) is 6.20 Å². The van der Waals surface area contributed by atoms with Gasteiger partial charge in [-0.05, 0) is 25.0 Å². The van der Waals surface area contributed by atoms with Gasteiger partial charge in [0.25, 0.3) is 0 Å². The minimum Gasteiger partial charge on any atom is -0.476 e. The fraction of sp³-hybridized carbons (Fsp3) is 0.455. The maximum Gasteiger partial charge on any atom is 0.356 e. The number of aliphatic hydroxyl groups excluding tert-OH is 1. The summed E-state index contributed by atoms with van der Waals surface area (Å²) < 4.78 is 0. The molecule has 0 amide bonds. The van der Waals surface area contributed by atoms with Crippen LogP contribution in [0.4, 0.5) is 5.69 Å². The third kappa shape index (κ3) is 2.14. The van der Waals surface area contributed by atoms with E-state index in [1.807, 2.05) is 0 Å². The highest BCUT2D eigenvalue weighted by molar-refractivity contribution is 5.91. The van der Waals surface area contributed by atoms with Gasteiger partial charge in [0.1, 0.15) is 0 Å². The van der Waals surface area contributed by atoms with Gasteiger partial charge in [-0.2, -0.15) is 0 Å². The van der Waals surface area contributed by atoms with Crippen LogP contribution in [-0.4, -0.2) is 34.3 Å². The highest BCUT2D eigenvalue weighted by atomic mass is 16.4. The van der Waals surface area contributed by atoms with Crippen molar-refractivity contribution >= 4 is 11.7 Å². The van der Waals surface area contributed by atoms with Gasteiger partial charge in [0.2, 0.25) is 0 Å². The molecule has 0 radical (unpaired) electrons.